The van der Waals surface area contributed by atoms with Crippen LogP contribution in [0.3, 0.4) is 0 Å². The summed E-state index contributed by atoms with van der Waals surface area (Å²) in [5, 5.41) is 3.71. The number of carbonyl (C=O) groups excluding carboxylic acids is 1. The number of hydrogen-bond acceptors (Lipinski definition) is 4. The molecule has 1 aliphatic rings. The van der Waals surface area contributed by atoms with Gasteiger partial charge in [0.2, 0.25) is 15.9 Å². The zero-order valence-corrected chi connectivity index (χ0v) is 18.3. The van der Waals surface area contributed by atoms with Crippen LogP contribution in [0.25, 0.3) is 0 Å². The molecule has 0 atom stereocenters. The molecule has 5 nitrogen and oxygen atoms in total. The molecule has 0 aromatic heterocycles. The maximum atomic E-state index is 12.2. The summed E-state index contributed by atoms with van der Waals surface area (Å²) < 4.78 is 25.7. The fraction of sp³-hybridized carbons (Fsp3) is 0.650. The number of rotatable bonds is 10. The van der Waals surface area contributed by atoms with E-state index in [1.54, 1.807) is 0 Å². The molecule has 0 unspecified atom stereocenters. The normalized spacial score (nSPS) is 15.1. The van der Waals surface area contributed by atoms with Crippen molar-refractivity contribution in [2.45, 2.75) is 57.6 Å². The summed E-state index contributed by atoms with van der Waals surface area (Å²) >= 11 is 1.96. The molecule has 1 saturated carbocycles. The Morgan fingerprint density at radius 2 is 1.93 bits per heavy atom. The van der Waals surface area contributed by atoms with Gasteiger partial charge in [-0.15, -0.1) is 0 Å². The lowest BCUT2D eigenvalue weighted by molar-refractivity contribution is -0.121. The molecule has 2 rings (SSSR count). The van der Waals surface area contributed by atoms with Gasteiger partial charge in [0.1, 0.15) is 0 Å². The van der Waals surface area contributed by atoms with E-state index < -0.39 is 10.0 Å². The summed E-state index contributed by atoms with van der Waals surface area (Å²) in [5.74, 6) is 0.949. The second kappa shape index (κ2) is 10.4. The largest absolute Gasteiger partial charge is 0.355 e. The van der Waals surface area contributed by atoms with Crippen molar-refractivity contribution in [3.63, 3.8) is 0 Å². The maximum Gasteiger partial charge on any atom is 0.232 e. The number of nitrogens with one attached hydrogen (secondary N) is 1. The molecule has 27 heavy (non-hydrogen) atoms. The third-order valence-corrected chi connectivity index (χ3v) is 7.60. The van der Waals surface area contributed by atoms with E-state index in [-0.39, 0.29) is 5.91 Å². The SMILES string of the molecule is Cc1ccc(N(CCCC(=O)NCCSC2CCCC2)S(C)(=O)=O)cc1C. The molecule has 0 heterocycles. The van der Waals surface area contributed by atoms with Crippen molar-refractivity contribution >= 4 is 33.4 Å². The molecule has 7 heteroatoms. The number of carbonyl (C=O) groups is 1. The highest BCUT2D eigenvalue weighted by molar-refractivity contribution is 7.99. The van der Waals surface area contributed by atoms with Gasteiger partial charge in [0, 0.05) is 30.5 Å². The smallest absolute Gasteiger partial charge is 0.232 e. The molecule has 152 valence electrons. The molecule has 0 saturated heterocycles. The Hall–Kier alpha value is -1.21. The molecule has 1 aliphatic carbocycles. The molecule has 1 amide bonds. The minimum absolute atomic E-state index is 0.00411. The Kier molecular flexibility index (Phi) is 8.48. The van der Waals surface area contributed by atoms with Gasteiger partial charge in [-0.3, -0.25) is 9.10 Å². The molecular weight excluding hydrogens is 380 g/mol. The van der Waals surface area contributed by atoms with E-state index in [2.05, 4.69) is 5.32 Å². The van der Waals surface area contributed by atoms with Gasteiger partial charge in [-0.2, -0.15) is 11.8 Å². The van der Waals surface area contributed by atoms with Gasteiger partial charge in [-0.25, -0.2) is 8.42 Å². The topological polar surface area (TPSA) is 66.5 Å². The van der Waals surface area contributed by atoms with Gasteiger partial charge < -0.3 is 5.32 Å². The van der Waals surface area contributed by atoms with Crippen molar-refractivity contribution < 1.29 is 13.2 Å². The summed E-state index contributed by atoms with van der Waals surface area (Å²) in [5.41, 5.74) is 2.84. The minimum Gasteiger partial charge on any atom is -0.355 e. The van der Waals surface area contributed by atoms with Crippen LogP contribution in [-0.4, -0.2) is 44.7 Å². The third kappa shape index (κ3) is 7.37. The molecule has 0 radical (unpaired) electrons. The lowest BCUT2D eigenvalue weighted by Gasteiger charge is -2.23. The summed E-state index contributed by atoms with van der Waals surface area (Å²) in [6.07, 6.45) is 7.33. The molecular formula is C20H32N2O3S2. The Balaban J connectivity index is 1.76. The standard InChI is InChI=1S/C20H32N2O3S2/c1-16-10-11-18(15-17(16)2)22(27(3,24)25)13-6-9-20(23)21-12-14-26-19-7-4-5-8-19/h10-11,15,19H,4-9,12-14H2,1-3H3,(H,21,23). The fourth-order valence-corrected chi connectivity index (χ4v) is 5.49. The van der Waals surface area contributed by atoms with Gasteiger partial charge >= 0.3 is 0 Å². The quantitative estimate of drug-likeness (QED) is 0.596. The second-order valence-electron chi connectivity index (χ2n) is 7.33. The van der Waals surface area contributed by atoms with Gasteiger partial charge in [-0.05, 0) is 56.4 Å². The first-order chi connectivity index (χ1) is 12.8. The Morgan fingerprint density at radius 3 is 2.56 bits per heavy atom. The van der Waals surface area contributed by atoms with Crippen molar-refractivity contribution in [1.29, 1.82) is 0 Å². The van der Waals surface area contributed by atoms with Gasteiger partial charge in [0.05, 0.1) is 11.9 Å². The average molecular weight is 413 g/mol. The zero-order valence-electron chi connectivity index (χ0n) is 16.7. The highest BCUT2D eigenvalue weighted by Crippen LogP contribution is 2.28. The average Bonchev–Trinajstić information content (AvgIpc) is 3.11. The first-order valence-electron chi connectivity index (χ1n) is 9.70. The fourth-order valence-electron chi connectivity index (χ4n) is 3.31. The Bertz CT molecular complexity index is 729. The van der Waals surface area contributed by atoms with Crippen LogP contribution in [0.1, 0.15) is 49.7 Å². The Labute approximate surface area is 168 Å². The highest BCUT2D eigenvalue weighted by atomic mass is 32.2. The monoisotopic (exact) mass is 412 g/mol. The van der Waals surface area contributed by atoms with E-state index in [0.717, 1.165) is 22.1 Å². The Morgan fingerprint density at radius 1 is 1.22 bits per heavy atom. The number of sulfonamides is 1. The minimum atomic E-state index is -3.38. The van der Waals surface area contributed by atoms with Crippen LogP contribution in [0.15, 0.2) is 18.2 Å². The van der Waals surface area contributed by atoms with Crippen LogP contribution < -0.4 is 9.62 Å². The van der Waals surface area contributed by atoms with Crippen LogP contribution in [0.4, 0.5) is 5.69 Å². The second-order valence-corrected chi connectivity index (χ2v) is 10.6. The van der Waals surface area contributed by atoms with Crippen molar-refractivity contribution in [3.05, 3.63) is 29.3 Å². The van der Waals surface area contributed by atoms with E-state index in [9.17, 15) is 13.2 Å². The van der Waals surface area contributed by atoms with Crippen LogP contribution in [0.5, 0.6) is 0 Å². The number of aryl methyl sites for hydroxylation is 2. The van der Waals surface area contributed by atoms with Crippen LogP contribution in [-0.2, 0) is 14.8 Å². The number of anilines is 1. The van der Waals surface area contributed by atoms with E-state index in [4.69, 9.17) is 0 Å². The van der Waals surface area contributed by atoms with Gasteiger partial charge in [-0.1, -0.05) is 18.9 Å². The molecule has 0 aliphatic heterocycles. The van der Waals surface area contributed by atoms with E-state index in [1.807, 2.05) is 43.8 Å². The molecule has 1 aromatic rings. The molecule has 0 bridgehead atoms. The van der Waals surface area contributed by atoms with E-state index in [1.165, 1.54) is 36.2 Å². The molecule has 0 spiro atoms. The van der Waals surface area contributed by atoms with Gasteiger partial charge in [0.25, 0.3) is 0 Å². The summed E-state index contributed by atoms with van der Waals surface area (Å²) in [6.45, 7) is 4.97. The molecule has 1 N–H and O–H groups in total. The van der Waals surface area contributed by atoms with E-state index in [0.29, 0.717) is 31.6 Å². The van der Waals surface area contributed by atoms with Gasteiger partial charge in [0.15, 0.2) is 0 Å². The predicted octanol–water partition coefficient (Wildman–Crippen LogP) is 3.64. The molecule has 1 fully saturated rings. The summed E-state index contributed by atoms with van der Waals surface area (Å²) in [6, 6.07) is 5.64. The summed E-state index contributed by atoms with van der Waals surface area (Å²) in [4.78, 5) is 12.0. The van der Waals surface area contributed by atoms with E-state index >= 15 is 0 Å². The van der Waals surface area contributed by atoms with Crippen molar-refractivity contribution in [3.8, 4) is 0 Å². The number of hydrogen-bond donors (Lipinski definition) is 1. The predicted molar refractivity (Wildman–Crippen MR) is 115 cm³/mol. The zero-order chi connectivity index (χ0) is 19.9. The first-order valence-corrected chi connectivity index (χ1v) is 12.6. The number of amides is 1. The molecule has 1 aromatic carbocycles. The van der Waals surface area contributed by atoms with Crippen molar-refractivity contribution in [2.75, 3.05) is 29.4 Å². The maximum absolute atomic E-state index is 12.2. The number of thioether (sulfide) groups is 1. The summed E-state index contributed by atoms with van der Waals surface area (Å²) in [7, 11) is -3.38. The van der Waals surface area contributed by atoms with Crippen LogP contribution in [0.2, 0.25) is 0 Å². The first kappa shape index (κ1) is 22.1. The third-order valence-electron chi connectivity index (χ3n) is 5.02. The number of benzene rings is 1. The highest BCUT2D eigenvalue weighted by Gasteiger charge is 2.18. The lowest BCUT2D eigenvalue weighted by atomic mass is 10.1. The lowest BCUT2D eigenvalue weighted by Crippen LogP contribution is -2.32. The van der Waals surface area contributed by atoms with Crippen molar-refractivity contribution in [1.82, 2.24) is 5.32 Å². The van der Waals surface area contributed by atoms with Crippen LogP contribution in [0, 0.1) is 13.8 Å². The van der Waals surface area contributed by atoms with Crippen LogP contribution >= 0.6 is 11.8 Å². The number of nitrogens with zero attached hydrogens (tertiary/aromatic N) is 1. The van der Waals surface area contributed by atoms with Crippen molar-refractivity contribution in [2.24, 2.45) is 0 Å².